The maximum absolute atomic E-state index is 11.5. The van der Waals surface area contributed by atoms with Gasteiger partial charge in [-0.05, 0) is 24.6 Å². The fourth-order valence-corrected chi connectivity index (χ4v) is 1.51. The van der Waals surface area contributed by atoms with Crippen molar-refractivity contribution in [1.82, 2.24) is 0 Å². The summed E-state index contributed by atoms with van der Waals surface area (Å²) in [5, 5.41) is 2.75. The van der Waals surface area contributed by atoms with Crippen molar-refractivity contribution in [3.63, 3.8) is 0 Å². The zero-order valence-corrected chi connectivity index (χ0v) is 10.0. The third-order valence-electron chi connectivity index (χ3n) is 2.44. The number of nitrogens with one attached hydrogen (secondary N) is 1. The van der Waals surface area contributed by atoms with Crippen LogP contribution in [0.1, 0.15) is 43.0 Å². The zero-order valence-electron chi connectivity index (χ0n) is 10.0. The van der Waals surface area contributed by atoms with Crippen molar-refractivity contribution >= 4 is 17.5 Å². The van der Waals surface area contributed by atoms with Gasteiger partial charge < -0.3 is 11.1 Å². The van der Waals surface area contributed by atoms with Crippen LogP contribution in [-0.2, 0) is 4.79 Å². The standard InChI is InChI=1S/C13H18N2O2/c1-2-3-4-8-12(16)15-11-7-5-6-10(9-11)13(14)17/h5-7,9H,2-4,8H2,1H3,(H2,14,17)(H,15,16). The van der Waals surface area contributed by atoms with Gasteiger partial charge in [0.05, 0.1) is 0 Å². The van der Waals surface area contributed by atoms with Gasteiger partial charge >= 0.3 is 0 Å². The minimum Gasteiger partial charge on any atom is -0.366 e. The molecule has 3 N–H and O–H groups in total. The maximum Gasteiger partial charge on any atom is 0.248 e. The Kier molecular flexibility index (Phi) is 5.20. The van der Waals surface area contributed by atoms with Crippen molar-refractivity contribution in [2.24, 2.45) is 5.73 Å². The SMILES string of the molecule is CCCCCC(=O)Nc1cccc(C(N)=O)c1. The van der Waals surface area contributed by atoms with E-state index in [4.69, 9.17) is 5.73 Å². The Balaban J connectivity index is 2.53. The molecule has 0 heterocycles. The van der Waals surface area contributed by atoms with E-state index in [-0.39, 0.29) is 5.91 Å². The summed E-state index contributed by atoms with van der Waals surface area (Å²) in [6.07, 6.45) is 3.53. The summed E-state index contributed by atoms with van der Waals surface area (Å²) in [7, 11) is 0. The minimum absolute atomic E-state index is 0.0277. The molecule has 0 unspecified atom stereocenters. The molecular weight excluding hydrogens is 216 g/mol. The van der Waals surface area contributed by atoms with Crippen LogP contribution in [0, 0.1) is 0 Å². The maximum atomic E-state index is 11.5. The van der Waals surface area contributed by atoms with Crippen LogP contribution in [0.25, 0.3) is 0 Å². The number of carbonyl (C=O) groups excluding carboxylic acids is 2. The Hall–Kier alpha value is -1.84. The van der Waals surface area contributed by atoms with Crippen molar-refractivity contribution in [1.29, 1.82) is 0 Å². The largest absolute Gasteiger partial charge is 0.366 e. The average Bonchev–Trinajstić information content (AvgIpc) is 2.29. The van der Waals surface area contributed by atoms with E-state index in [2.05, 4.69) is 12.2 Å². The highest BCUT2D eigenvalue weighted by Crippen LogP contribution is 2.11. The predicted octanol–water partition coefficient (Wildman–Crippen LogP) is 2.30. The zero-order chi connectivity index (χ0) is 12.7. The molecule has 1 aromatic rings. The van der Waals surface area contributed by atoms with E-state index in [1.807, 2.05) is 0 Å². The number of anilines is 1. The molecule has 0 saturated heterocycles. The van der Waals surface area contributed by atoms with Gasteiger partial charge in [0.2, 0.25) is 11.8 Å². The summed E-state index contributed by atoms with van der Waals surface area (Å²) < 4.78 is 0. The third-order valence-corrected chi connectivity index (χ3v) is 2.44. The van der Waals surface area contributed by atoms with E-state index in [9.17, 15) is 9.59 Å². The lowest BCUT2D eigenvalue weighted by atomic mass is 10.1. The lowest BCUT2D eigenvalue weighted by Crippen LogP contribution is -2.14. The Labute approximate surface area is 101 Å². The summed E-state index contributed by atoms with van der Waals surface area (Å²) in [5.41, 5.74) is 6.17. The third kappa shape index (κ3) is 4.68. The van der Waals surface area contributed by atoms with Gasteiger partial charge in [0.15, 0.2) is 0 Å². The molecule has 1 rings (SSSR count). The first kappa shape index (κ1) is 13.2. The number of nitrogens with two attached hydrogens (primary N) is 1. The van der Waals surface area contributed by atoms with Crippen LogP contribution < -0.4 is 11.1 Å². The lowest BCUT2D eigenvalue weighted by molar-refractivity contribution is -0.116. The second-order valence-corrected chi connectivity index (χ2v) is 3.95. The van der Waals surface area contributed by atoms with Crippen molar-refractivity contribution < 1.29 is 9.59 Å². The number of unbranched alkanes of at least 4 members (excludes halogenated alkanes) is 2. The molecule has 0 bridgehead atoms. The Morgan fingerprint density at radius 3 is 2.71 bits per heavy atom. The Bertz CT molecular complexity index is 402. The molecule has 0 atom stereocenters. The number of primary amides is 1. The Morgan fingerprint density at radius 2 is 2.06 bits per heavy atom. The molecule has 4 nitrogen and oxygen atoms in total. The van der Waals surface area contributed by atoms with Gasteiger partial charge in [0.1, 0.15) is 0 Å². The highest BCUT2D eigenvalue weighted by Gasteiger charge is 2.04. The molecule has 0 radical (unpaired) electrons. The van der Waals surface area contributed by atoms with E-state index < -0.39 is 5.91 Å². The van der Waals surface area contributed by atoms with Crippen LogP contribution in [0.2, 0.25) is 0 Å². The topological polar surface area (TPSA) is 72.2 Å². The number of hydrogen-bond donors (Lipinski definition) is 2. The molecule has 2 amide bonds. The van der Waals surface area contributed by atoms with Gasteiger partial charge in [-0.15, -0.1) is 0 Å². The Morgan fingerprint density at radius 1 is 1.29 bits per heavy atom. The summed E-state index contributed by atoms with van der Waals surface area (Å²) >= 11 is 0. The van der Waals surface area contributed by atoms with Crippen molar-refractivity contribution in [2.45, 2.75) is 32.6 Å². The lowest BCUT2D eigenvalue weighted by Gasteiger charge is -2.05. The van der Waals surface area contributed by atoms with Gasteiger partial charge in [-0.3, -0.25) is 9.59 Å². The number of carbonyl (C=O) groups is 2. The molecule has 1 aromatic carbocycles. The van der Waals surface area contributed by atoms with Gasteiger partial charge in [-0.2, -0.15) is 0 Å². The molecule has 17 heavy (non-hydrogen) atoms. The molecular formula is C13H18N2O2. The molecule has 0 aliphatic carbocycles. The molecule has 92 valence electrons. The first-order valence-electron chi connectivity index (χ1n) is 5.83. The van der Waals surface area contributed by atoms with Crippen LogP contribution in [0.15, 0.2) is 24.3 Å². The van der Waals surface area contributed by atoms with Gasteiger partial charge in [-0.1, -0.05) is 25.8 Å². The summed E-state index contributed by atoms with van der Waals surface area (Å²) in [6.45, 7) is 2.09. The quantitative estimate of drug-likeness (QED) is 0.741. The van der Waals surface area contributed by atoms with Gasteiger partial charge in [-0.25, -0.2) is 0 Å². The second-order valence-electron chi connectivity index (χ2n) is 3.95. The molecule has 0 saturated carbocycles. The van der Waals surface area contributed by atoms with E-state index >= 15 is 0 Å². The molecule has 0 aliphatic heterocycles. The van der Waals surface area contributed by atoms with Gasteiger partial charge in [0, 0.05) is 17.7 Å². The molecule has 0 fully saturated rings. The van der Waals surface area contributed by atoms with Crippen molar-refractivity contribution in [3.05, 3.63) is 29.8 Å². The van der Waals surface area contributed by atoms with Crippen LogP contribution in [0.3, 0.4) is 0 Å². The first-order valence-corrected chi connectivity index (χ1v) is 5.83. The first-order chi connectivity index (χ1) is 8.13. The normalized spacial score (nSPS) is 9.94. The molecule has 0 aromatic heterocycles. The van der Waals surface area contributed by atoms with E-state index in [0.717, 1.165) is 19.3 Å². The van der Waals surface area contributed by atoms with Crippen LogP contribution in [0.4, 0.5) is 5.69 Å². The average molecular weight is 234 g/mol. The highest BCUT2D eigenvalue weighted by atomic mass is 16.2. The van der Waals surface area contributed by atoms with E-state index in [0.29, 0.717) is 17.7 Å². The van der Waals surface area contributed by atoms with Gasteiger partial charge in [0.25, 0.3) is 0 Å². The number of hydrogen-bond acceptors (Lipinski definition) is 2. The van der Waals surface area contributed by atoms with E-state index in [1.165, 1.54) is 0 Å². The van der Waals surface area contributed by atoms with E-state index in [1.54, 1.807) is 24.3 Å². The minimum atomic E-state index is -0.493. The number of benzene rings is 1. The van der Waals surface area contributed by atoms with Crippen molar-refractivity contribution in [2.75, 3.05) is 5.32 Å². The van der Waals surface area contributed by atoms with Crippen LogP contribution >= 0.6 is 0 Å². The fourth-order valence-electron chi connectivity index (χ4n) is 1.51. The predicted molar refractivity (Wildman–Crippen MR) is 67.7 cm³/mol. The fraction of sp³-hybridized carbons (Fsp3) is 0.385. The van der Waals surface area contributed by atoms with Crippen LogP contribution in [-0.4, -0.2) is 11.8 Å². The summed E-state index contributed by atoms with van der Waals surface area (Å²) in [5.74, 6) is -0.521. The monoisotopic (exact) mass is 234 g/mol. The molecule has 0 aliphatic rings. The molecule has 4 heteroatoms. The number of rotatable bonds is 6. The highest BCUT2D eigenvalue weighted by molar-refractivity contribution is 5.96. The smallest absolute Gasteiger partial charge is 0.248 e. The van der Waals surface area contributed by atoms with Crippen LogP contribution in [0.5, 0.6) is 0 Å². The number of amides is 2. The van der Waals surface area contributed by atoms with Crippen molar-refractivity contribution in [3.8, 4) is 0 Å². The summed E-state index contributed by atoms with van der Waals surface area (Å²) in [6, 6.07) is 6.64. The molecule has 0 spiro atoms. The summed E-state index contributed by atoms with van der Waals surface area (Å²) in [4.78, 5) is 22.5. The second kappa shape index (κ2) is 6.68.